The molecule has 94 valence electrons. The van der Waals surface area contributed by atoms with Crippen molar-refractivity contribution in [3.8, 4) is 0 Å². The van der Waals surface area contributed by atoms with Crippen LogP contribution in [-0.2, 0) is 11.2 Å². The van der Waals surface area contributed by atoms with E-state index >= 15 is 0 Å². The molecule has 1 unspecified atom stereocenters. The van der Waals surface area contributed by atoms with Crippen molar-refractivity contribution in [1.29, 1.82) is 0 Å². The third kappa shape index (κ3) is 3.53. The molecule has 0 fully saturated rings. The van der Waals surface area contributed by atoms with Gasteiger partial charge in [0.1, 0.15) is 11.4 Å². The summed E-state index contributed by atoms with van der Waals surface area (Å²) < 4.78 is 13.5. The normalized spacial score (nSPS) is 14.3. The van der Waals surface area contributed by atoms with Gasteiger partial charge in [-0.3, -0.25) is 4.79 Å². The van der Waals surface area contributed by atoms with Gasteiger partial charge in [0.25, 0.3) is 0 Å². The molecule has 17 heavy (non-hydrogen) atoms. The molecular formula is C13H18FNO2. The SMILES string of the molecule is CCCNC(C)(Cc1ccccc1F)C(=O)O. The van der Waals surface area contributed by atoms with E-state index < -0.39 is 11.5 Å². The van der Waals surface area contributed by atoms with Crippen LogP contribution >= 0.6 is 0 Å². The van der Waals surface area contributed by atoms with Gasteiger partial charge < -0.3 is 10.4 Å². The number of rotatable bonds is 6. The van der Waals surface area contributed by atoms with E-state index in [1.807, 2.05) is 6.92 Å². The maximum absolute atomic E-state index is 13.5. The smallest absolute Gasteiger partial charge is 0.323 e. The summed E-state index contributed by atoms with van der Waals surface area (Å²) in [7, 11) is 0. The van der Waals surface area contributed by atoms with Crippen LogP contribution in [-0.4, -0.2) is 23.2 Å². The van der Waals surface area contributed by atoms with Crippen molar-refractivity contribution in [3.05, 3.63) is 35.6 Å². The highest BCUT2D eigenvalue weighted by Crippen LogP contribution is 2.16. The first-order valence-corrected chi connectivity index (χ1v) is 5.71. The Hall–Kier alpha value is -1.42. The Kier molecular flexibility index (Phi) is 4.63. The van der Waals surface area contributed by atoms with Crippen LogP contribution in [0, 0.1) is 5.82 Å². The van der Waals surface area contributed by atoms with Crippen molar-refractivity contribution < 1.29 is 14.3 Å². The molecule has 0 heterocycles. The van der Waals surface area contributed by atoms with Gasteiger partial charge in [-0.2, -0.15) is 0 Å². The molecule has 3 nitrogen and oxygen atoms in total. The van der Waals surface area contributed by atoms with Crippen LogP contribution in [0.15, 0.2) is 24.3 Å². The van der Waals surface area contributed by atoms with Crippen molar-refractivity contribution in [3.63, 3.8) is 0 Å². The maximum Gasteiger partial charge on any atom is 0.323 e. The van der Waals surface area contributed by atoms with E-state index in [4.69, 9.17) is 0 Å². The number of hydrogen-bond acceptors (Lipinski definition) is 2. The van der Waals surface area contributed by atoms with Gasteiger partial charge >= 0.3 is 5.97 Å². The first-order valence-electron chi connectivity index (χ1n) is 5.71. The van der Waals surface area contributed by atoms with Gasteiger partial charge in [0, 0.05) is 6.42 Å². The Bertz CT molecular complexity index is 395. The summed E-state index contributed by atoms with van der Waals surface area (Å²) >= 11 is 0. The summed E-state index contributed by atoms with van der Waals surface area (Å²) in [5, 5.41) is 12.2. The minimum Gasteiger partial charge on any atom is -0.480 e. The predicted octanol–water partition coefficient (Wildman–Crippen LogP) is 2.21. The van der Waals surface area contributed by atoms with Crippen molar-refractivity contribution in [2.45, 2.75) is 32.2 Å². The van der Waals surface area contributed by atoms with E-state index in [9.17, 15) is 14.3 Å². The van der Waals surface area contributed by atoms with Crippen LogP contribution in [0.25, 0.3) is 0 Å². The largest absolute Gasteiger partial charge is 0.480 e. The molecule has 0 aliphatic carbocycles. The van der Waals surface area contributed by atoms with E-state index in [-0.39, 0.29) is 12.2 Å². The number of halogens is 1. The standard InChI is InChI=1S/C13H18FNO2/c1-3-8-15-13(2,12(16)17)9-10-6-4-5-7-11(10)14/h4-7,15H,3,8-9H2,1-2H3,(H,16,17). The zero-order valence-corrected chi connectivity index (χ0v) is 10.2. The average molecular weight is 239 g/mol. The summed E-state index contributed by atoms with van der Waals surface area (Å²) in [6, 6.07) is 6.26. The third-order valence-electron chi connectivity index (χ3n) is 2.74. The highest BCUT2D eigenvalue weighted by atomic mass is 19.1. The number of nitrogens with one attached hydrogen (secondary N) is 1. The van der Waals surface area contributed by atoms with Gasteiger partial charge in [-0.05, 0) is 31.5 Å². The first kappa shape index (κ1) is 13.6. The molecule has 4 heteroatoms. The van der Waals surface area contributed by atoms with Crippen LogP contribution in [0.3, 0.4) is 0 Å². The second-order valence-corrected chi connectivity index (χ2v) is 4.33. The van der Waals surface area contributed by atoms with Crippen molar-refractivity contribution in [2.75, 3.05) is 6.54 Å². The molecule has 1 rings (SSSR count). The Labute approximate surface area is 101 Å². The molecule has 0 aromatic heterocycles. The molecule has 0 saturated heterocycles. The summed E-state index contributed by atoms with van der Waals surface area (Å²) in [6.45, 7) is 4.13. The molecule has 0 aliphatic rings. The Morgan fingerprint density at radius 3 is 2.65 bits per heavy atom. The minimum atomic E-state index is -1.13. The fourth-order valence-electron chi connectivity index (χ4n) is 1.64. The van der Waals surface area contributed by atoms with E-state index in [2.05, 4.69) is 5.32 Å². The molecule has 0 radical (unpaired) electrons. The van der Waals surface area contributed by atoms with Crippen molar-refractivity contribution in [1.82, 2.24) is 5.32 Å². The molecular weight excluding hydrogens is 221 g/mol. The second-order valence-electron chi connectivity index (χ2n) is 4.33. The molecule has 2 N–H and O–H groups in total. The molecule has 0 saturated carbocycles. The first-order chi connectivity index (χ1) is 7.99. The van der Waals surface area contributed by atoms with Gasteiger partial charge in [-0.1, -0.05) is 25.1 Å². The Morgan fingerprint density at radius 2 is 2.12 bits per heavy atom. The molecule has 0 amide bonds. The van der Waals surface area contributed by atoms with Gasteiger partial charge in [0.05, 0.1) is 0 Å². The lowest BCUT2D eigenvalue weighted by molar-refractivity contribution is -0.144. The van der Waals surface area contributed by atoms with E-state index in [0.717, 1.165) is 6.42 Å². The van der Waals surface area contributed by atoms with Crippen LogP contribution in [0.2, 0.25) is 0 Å². The highest BCUT2D eigenvalue weighted by Gasteiger charge is 2.33. The zero-order valence-electron chi connectivity index (χ0n) is 10.2. The number of aliphatic carboxylic acids is 1. The molecule has 0 aliphatic heterocycles. The van der Waals surface area contributed by atoms with Gasteiger partial charge in [0.2, 0.25) is 0 Å². The number of hydrogen-bond donors (Lipinski definition) is 2. The number of carbonyl (C=O) groups is 1. The van der Waals surface area contributed by atoms with Crippen LogP contribution in [0.1, 0.15) is 25.8 Å². The van der Waals surface area contributed by atoms with Crippen molar-refractivity contribution in [2.24, 2.45) is 0 Å². The second kappa shape index (κ2) is 5.77. The summed E-state index contributed by atoms with van der Waals surface area (Å²) in [4.78, 5) is 11.3. The number of carboxylic acid groups (broad SMARTS) is 1. The van der Waals surface area contributed by atoms with Gasteiger partial charge in [-0.15, -0.1) is 0 Å². The van der Waals surface area contributed by atoms with Crippen LogP contribution < -0.4 is 5.32 Å². The lowest BCUT2D eigenvalue weighted by Gasteiger charge is -2.26. The molecule has 1 atom stereocenters. The topological polar surface area (TPSA) is 49.3 Å². The summed E-state index contributed by atoms with van der Waals surface area (Å²) in [5.74, 6) is -1.33. The third-order valence-corrected chi connectivity index (χ3v) is 2.74. The minimum absolute atomic E-state index is 0.134. The Morgan fingerprint density at radius 1 is 1.47 bits per heavy atom. The highest BCUT2D eigenvalue weighted by molar-refractivity contribution is 5.78. The van der Waals surface area contributed by atoms with E-state index in [1.54, 1.807) is 25.1 Å². The van der Waals surface area contributed by atoms with Crippen LogP contribution in [0.5, 0.6) is 0 Å². The quantitative estimate of drug-likeness (QED) is 0.800. The maximum atomic E-state index is 13.5. The summed E-state index contributed by atoms with van der Waals surface area (Å²) in [6.07, 6.45) is 0.967. The van der Waals surface area contributed by atoms with Crippen LogP contribution in [0.4, 0.5) is 4.39 Å². The lowest BCUT2D eigenvalue weighted by atomic mass is 9.92. The predicted molar refractivity (Wildman–Crippen MR) is 64.4 cm³/mol. The molecule has 1 aromatic carbocycles. The van der Waals surface area contributed by atoms with Gasteiger partial charge in [-0.25, -0.2) is 4.39 Å². The monoisotopic (exact) mass is 239 g/mol. The fraction of sp³-hybridized carbons (Fsp3) is 0.462. The van der Waals surface area contributed by atoms with E-state index in [1.165, 1.54) is 6.07 Å². The number of carboxylic acids is 1. The fourth-order valence-corrected chi connectivity index (χ4v) is 1.64. The molecule has 1 aromatic rings. The lowest BCUT2D eigenvalue weighted by Crippen LogP contribution is -2.51. The Balaban J connectivity index is 2.87. The van der Waals surface area contributed by atoms with Crippen molar-refractivity contribution >= 4 is 5.97 Å². The van der Waals surface area contributed by atoms with Gasteiger partial charge in [0.15, 0.2) is 0 Å². The van der Waals surface area contributed by atoms with E-state index in [0.29, 0.717) is 12.1 Å². The molecule has 0 bridgehead atoms. The molecule has 0 spiro atoms. The summed E-state index contributed by atoms with van der Waals surface area (Å²) in [5.41, 5.74) is -0.709. The number of benzene rings is 1. The average Bonchev–Trinajstić information content (AvgIpc) is 2.29. The zero-order chi connectivity index (χ0) is 12.9.